The molecule has 2 heterocycles. The van der Waals surface area contributed by atoms with Gasteiger partial charge >= 0.3 is 12.1 Å². The number of amides is 2. The quantitative estimate of drug-likeness (QED) is 0.768. The summed E-state index contributed by atoms with van der Waals surface area (Å²) in [5.74, 6) is -1.17. The van der Waals surface area contributed by atoms with Crippen LogP contribution in [0.2, 0.25) is 0 Å². The number of hydrogen-bond donors (Lipinski definition) is 0. The molecule has 1 fully saturated rings. The summed E-state index contributed by atoms with van der Waals surface area (Å²) in [6.45, 7) is 4.25. The molecule has 1 aliphatic rings. The van der Waals surface area contributed by atoms with Gasteiger partial charge in [0, 0.05) is 17.9 Å². The zero-order valence-electron chi connectivity index (χ0n) is 14.7. The second-order valence-electron chi connectivity index (χ2n) is 6.09. The molecule has 3 rings (SSSR count). The third-order valence-electron chi connectivity index (χ3n) is 4.37. The van der Waals surface area contributed by atoms with Crippen molar-refractivity contribution in [3.63, 3.8) is 0 Å². The number of hydrogen-bond acceptors (Lipinski definition) is 5. The summed E-state index contributed by atoms with van der Waals surface area (Å²) in [4.78, 5) is 36.6. The minimum atomic E-state index is -0.702. The fourth-order valence-corrected chi connectivity index (χ4v) is 2.92. The number of cyclic esters (lactones) is 1. The Balaban J connectivity index is 1.67. The first-order chi connectivity index (χ1) is 12.5. The van der Waals surface area contributed by atoms with E-state index in [0.717, 1.165) is 21.9 Å². The Bertz CT molecular complexity index is 841. The lowest BCUT2D eigenvalue weighted by atomic mass is 10.2. The Morgan fingerprint density at radius 1 is 1.19 bits per heavy atom. The number of benzene rings is 1. The highest BCUT2D eigenvalue weighted by atomic mass is 16.6. The molecule has 2 amide bonds. The summed E-state index contributed by atoms with van der Waals surface area (Å²) in [6.07, 6.45) is -0.702. The zero-order valence-corrected chi connectivity index (χ0v) is 14.7. The molecule has 0 unspecified atom stereocenters. The third-order valence-corrected chi connectivity index (χ3v) is 4.37. The van der Waals surface area contributed by atoms with Crippen LogP contribution in [0, 0.1) is 13.8 Å². The highest BCUT2D eigenvalue weighted by Gasteiger charge is 2.29. The Morgan fingerprint density at radius 2 is 1.92 bits per heavy atom. The third kappa shape index (κ3) is 3.61. The molecule has 0 bridgehead atoms. The second-order valence-corrected chi connectivity index (χ2v) is 6.09. The van der Waals surface area contributed by atoms with E-state index < -0.39 is 24.6 Å². The van der Waals surface area contributed by atoms with E-state index in [2.05, 4.69) is 0 Å². The fraction of sp³-hybridized carbons (Fsp3) is 0.316. The lowest BCUT2D eigenvalue weighted by molar-refractivity contribution is -0.131. The van der Waals surface area contributed by atoms with Gasteiger partial charge in [0.1, 0.15) is 6.61 Å². The molecule has 1 aromatic carbocycles. The standard InChI is InChI=1S/C19H20N2O5/c1-13-10-16(14(2)21(13)11-15-6-4-3-5-7-15)18(23)26-12-17(22)20-8-9-25-19(20)24/h3-7,10H,8-9,11-12H2,1-2H3. The molecule has 7 heteroatoms. The number of esters is 1. The number of ether oxygens (including phenoxy) is 2. The van der Waals surface area contributed by atoms with E-state index in [-0.39, 0.29) is 13.2 Å². The van der Waals surface area contributed by atoms with E-state index in [4.69, 9.17) is 9.47 Å². The van der Waals surface area contributed by atoms with Crippen LogP contribution in [0.25, 0.3) is 0 Å². The summed E-state index contributed by atoms with van der Waals surface area (Å²) in [5.41, 5.74) is 3.23. The maximum absolute atomic E-state index is 12.4. The van der Waals surface area contributed by atoms with Crippen molar-refractivity contribution in [2.24, 2.45) is 0 Å². The van der Waals surface area contributed by atoms with Crippen molar-refractivity contribution in [3.8, 4) is 0 Å². The van der Waals surface area contributed by atoms with Gasteiger partial charge in [0.05, 0.1) is 12.1 Å². The maximum atomic E-state index is 12.4. The van der Waals surface area contributed by atoms with Gasteiger partial charge in [0.15, 0.2) is 6.61 Å². The predicted octanol–water partition coefficient (Wildman–Crippen LogP) is 2.29. The number of imide groups is 1. The molecule has 0 N–H and O–H groups in total. The first kappa shape index (κ1) is 17.7. The Morgan fingerprint density at radius 3 is 2.58 bits per heavy atom. The Hall–Kier alpha value is -3.09. The highest BCUT2D eigenvalue weighted by molar-refractivity contribution is 5.96. The molecule has 2 aromatic rings. The molecular weight excluding hydrogens is 336 g/mol. The van der Waals surface area contributed by atoms with Crippen molar-refractivity contribution in [1.82, 2.24) is 9.47 Å². The van der Waals surface area contributed by atoms with E-state index in [1.807, 2.05) is 48.7 Å². The van der Waals surface area contributed by atoms with Crippen molar-refractivity contribution in [1.29, 1.82) is 0 Å². The summed E-state index contributed by atoms with van der Waals surface area (Å²) < 4.78 is 11.8. The fourth-order valence-electron chi connectivity index (χ4n) is 2.92. The van der Waals surface area contributed by atoms with Gasteiger partial charge in [-0.15, -0.1) is 0 Å². The van der Waals surface area contributed by atoms with Gasteiger partial charge in [-0.25, -0.2) is 14.5 Å². The van der Waals surface area contributed by atoms with Crippen LogP contribution in [0.1, 0.15) is 27.3 Å². The van der Waals surface area contributed by atoms with Crippen LogP contribution in [0.15, 0.2) is 36.4 Å². The van der Waals surface area contributed by atoms with Crippen LogP contribution in [-0.4, -0.2) is 47.2 Å². The van der Waals surface area contributed by atoms with Crippen LogP contribution in [0.5, 0.6) is 0 Å². The summed E-state index contributed by atoms with van der Waals surface area (Å²) in [5, 5.41) is 0. The number of carbonyl (C=O) groups excluding carboxylic acids is 3. The molecule has 0 saturated carbocycles. The SMILES string of the molecule is Cc1cc(C(=O)OCC(=O)N2CCOC2=O)c(C)n1Cc1ccccc1. The molecule has 26 heavy (non-hydrogen) atoms. The van der Waals surface area contributed by atoms with Crippen LogP contribution in [0.3, 0.4) is 0 Å². The van der Waals surface area contributed by atoms with E-state index in [9.17, 15) is 14.4 Å². The topological polar surface area (TPSA) is 77.8 Å². The van der Waals surface area contributed by atoms with Gasteiger partial charge in [-0.2, -0.15) is 0 Å². The van der Waals surface area contributed by atoms with E-state index in [1.54, 1.807) is 6.07 Å². The van der Waals surface area contributed by atoms with Gasteiger partial charge in [-0.1, -0.05) is 30.3 Å². The second kappa shape index (κ2) is 7.43. The average molecular weight is 356 g/mol. The Kier molecular flexibility index (Phi) is 5.06. The van der Waals surface area contributed by atoms with Gasteiger partial charge < -0.3 is 14.0 Å². The molecule has 0 aliphatic carbocycles. The number of aromatic nitrogens is 1. The van der Waals surface area contributed by atoms with Crippen molar-refractivity contribution in [3.05, 3.63) is 58.9 Å². The summed E-state index contributed by atoms with van der Waals surface area (Å²) in [6, 6.07) is 11.7. The minimum Gasteiger partial charge on any atom is -0.452 e. The molecule has 0 spiro atoms. The van der Waals surface area contributed by atoms with E-state index >= 15 is 0 Å². The highest BCUT2D eigenvalue weighted by Crippen LogP contribution is 2.18. The number of rotatable bonds is 5. The normalized spacial score (nSPS) is 13.6. The smallest absolute Gasteiger partial charge is 0.416 e. The van der Waals surface area contributed by atoms with Crippen LogP contribution >= 0.6 is 0 Å². The summed E-state index contributed by atoms with van der Waals surface area (Å²) in [7, 11) is 0. The lowest BCUT2D eigenvalue weighted by Gasteiger charge is -2.11. The lowest BCUT2D eigenvalue weighted by Crippen LogP contribution is -2.35. The number of nitrogens with zero attached hydrogens (tertiary/aromatic N) is 2. The molecule has 0 atom stereocenters. The number of aryl methyl sites for hydroxylation is 1. The number of carbonyl (C=O) groups is 3. The van der Waals surface area contributed by atoms with E-state index in [1.165, 1.54) is 0 Å². The molecule has 1 saturated heterocycles. The summed E-state index contributed by atoms with van der Waals surface area (Å²) >= 11 is 0. The largest absolute Gasteiger partial charge is 0.452 e. The van der Waals surface area contributed by atoms with Crippen LogP contribution in [-0.2, 0) is 20.8 Å². The average Bonchev–Trinajstić information content (AvgIpc) is 3.18. The van der Waals surface area contributed by atoms with Gasteiger partial charge in [0.25, 0.3) is 5.91 Å². The monoisotopic (exact) mass is 356 g/mol. The van der Waals surface area contributed by atoms with Crippen molar-refractivity contribution < 1.29 is 23.9 Å². The zero-order chi connectivity index (χ0) is 18.7. The predicted molar refractivity (Wildman–Crippen MR) is 92.8 cm³/mol. The van der Waals surface area contributed by atoms with Crippen molar-refractivity contribution >= 4 is 18.0 Å². The van der Waals surface area contributed by atoms with Gasteiger partial charge in [0.2, 0.25) is 0 Å². The molecule has 7 nitrogen and oxygen atoms in total. The first-order valence-corrected chi connectivity index (χ1v) is 8.32. The minimum absolute atomic E-state index is 0.166. The van der Waals surface area contributed by atoms with Crippen molar-refractivity contribution in [2.75, 3.05) is 19.8 Å². The Labute approximate surface area is 151 Å². The van der Waals surface area contributed by atoms with Crippen LogP contribution < -0.4 is 0 Å². The van der Waals surface area contributed by atoms with Gasteiger partial charge in [-0.3, -0.25) is 4.79 Å². The molecule has 1 aliphatic heterocycles. The molecule has 0 radical (unpaired) electrons. The molecule has 136 valence electrons. The van der Waals surface area contributed by atoms with Crippen LogP contribution in [0.4, 0.5) is 4.79 Å². The molecule has 1 aromatic heterocycles. The first-order valence-electron chi connectivity index (χ1n) is 8.32. The van der Waals surface area contributed by atoms with Gasteiger partial charge in [-0.05, 0) is 25.5 Å². The maximum Gasteiger partial charge on any atom is 0.416 e. The van der Waals surface area contributed by atoms with E-state index in [0.29, 0.717) is 12.1 Å². The molecular formula is C19H20N2O5. The van der Waals surface area contributed by atoms with Crippen molar-refractivity contribution in [2.45, 2.75) is 20.4 Å².